The van der Waals surface area contributed by atoms with Gasteiger partial charge in [-0.1, -0.05) is 17.7 Å². The Morgan fingerprint density at radius 1 is 1.38 bits per heavy atom. The number of nitriles is 1. The fraction of sp³-hybridized carbons (Fsp3) is 0. The van der Waals surface area contributed by atoms with E-state index in [2.05, 4.69) is 11.1 Å². The molecule has 2 heterocycles. The highest BCUT2D eigenvalue weighted by molar-refractivity contribution is 7.17. The van der Waals surface area contributed by atoms with Crippen molar-refractivity contribution >= 4 is 34.6 Å². The minimum atomic E-state index is 0.541. The van der Waals surface area contributed by atoms with Gasteiger partial charge in [-0.05, 0) is 30.3 Å². The number of allylic oxidation sites excluding steroid dienone is 1. The second kappa shape index (κ2) is 4.93. The van der Waals surface area contributed by atoms with Gasteiger partial charge in [-0.3, -0.25) is 4.98 Å². The smallest absolute Gasteiger partial charge is 0.101 e. The van der Waals surface area contributed by atoms with Gasteiger partial charge in [0.1, 0.15) is 6.07 Å². The zero-order valence-corrected chi connectivity index (χ0v) is 9.79. The number of nitrogens with zero attached hydrogens (tertiary/aromatic N) is 2. The van der Waals surface area contributed by atoms with Gasteiger partial charge in [-0.25, -0.2) is 0 Å². The number of pyridine rings is 1. The maximum Gasteiger partial charge on any atom is 0.101 e. The second-order valence-corrected chi connectivity index (χ2v) is 4.77. The Morgan fingerprint density at radius 3 is 2.81 bits per heavy atom. The summed E-state index contributed by atoms with van der Waals surface area (Å²) in [5.41, 5.74) is 1.22. The molecule has 0 fully saturated rings. The lowest BCUT2D eigenvalue weighted by Gasteiger charge is -1.95. The molecule has 2 aromatic rings. The average molecular weight is 247 g/mol. The van der Waals surface area contributed by atoms with Gasteiger partial charge in [-0.15, -0.1) is 11.3 Å². The number of halogens is 1. The highest BCUT2D eigenvalue weighted by Crippen LogP contribution is 2.25. The van der Waals surface area contributed by atoms with Crippen molar-refractivity contribution in [1.29, 1.82) is 5.26 Å². The molecular weight excluding hydrogens is 240 g/mol. The molecule has 0 aliphatic carbocycles. The third kappa shape index (κ3) is 2.48. The first-order chi connectivity index (χ1) is 7.79. The Bertz CT molecular complexity index is 552. The van der Waals surface area contributed by atoms with Crippen molar-refractivity contribution < 1.29 is 0 Å². The lowest BCUT2D eigenvalue weighted by molar-refractivity contribution is 1.28. The third-order valence-electron chi connectivity index (χ3n) is 1.94. The monoisotopic (exact) mass is 246 g/mol. The normalized spacial score (nSPS) is 11.1. The number of aromatic nitrogens is 1. The lowest BCUT2D eigenvalue weighted by Crippen LogP contribution is -1.84. The van der Waals surface area contributed by atoms with Crippen LogP contribution in [0.5, 0.6) is 0 Å². The summed E-state index contributed by atoms with van der Waals surface area (Å²) >= 11 is 7.26. The van der Waals surface area contributed by atoms with E-state index in [1.54, 1.807) is 12.3 Å². The van der Waals surface area contributed by atoms with Crippen molar-refractivity contribution in [2.45, 2.75) is 0 Å². The summed E-state index contributed by atoms with van der Waals surface area (Å²) in [7, 11) is 0. The van der Waals surface area contributed by atoms with Gasteiger partial charge in [0, 0.05) is 11.1 Å². The molecule has 2 rings (SSSR count). The molecule has 0 aromatic carbocycles. The molecule has 0 radical (unpaired) electrons. The Labute approximate surface area is 102 Å². The van der Waals surface area contributed by atoms with Crippen LogP contribution in [-0.4, -0.2) is 4.98 Å². The fourth-order valence-corrected chi connectivity index (χ4v) is 2.24. The molecule has 0 N–H and O–H groups in total. The number of thiophene rings is 1. The zero-order valence-electron chi connectivity index (χ0n) is 8.22. The van der Waals surface area contributed by atoms with Crippen LogP contribution in [0.25, 0.3) is 11.6 Å². The highest BCUT2D eigenvalue weighted by Gasteiger charge is 2.02. The Balaban J connectivity index is 2.38. The molecule has 4 heteroatoms. The average Bonchev–Trinajstić information content (AvgIpc) is 2.73. The van der Waals surface area contributed by atoms with Gasteiger partial charge in [0.15, 0.2) is 0 Å². The summed E-state index contributed by atoms with van der Waals surface area (Å²) in [6.45, 7) is 0. The predicted octanol–water partition coefficient (Wildman–Crippen LogP) is 3.86. The summed E-state index contributed by atoms with van der Waals surface area (Å²) in [6.07, 6.45) is 3.46. The van der Waals surface area contributed by atoms with E-state index in [4.69, 9.17) is 16.9 Å². The second-order valence-electron chi connectivity index (χ2n) is 3.03. The first kappa shape index (κ1) is 10.9. The molecule has 2 nitrogen and oxygen atoms in total. The van der Waals surface area contributed by atoms with Crippen LogP contribution in [0, 0.1) is 11.3 Å². The third-order valence-corrected chi connectivity index (χ3v) is 3.12. The molecule has 0 aliphatic heterocycles. The number of rotatable bonds is 2. The van der Waals surface area contributed by atoms with Crippen molar-refractivity contribution in [2.24, 2.45) is 0 Å². The topological polar surface area (TPSA) is 36.7 Å². The van der Waals surface area contributed by atoms with Crippen LogP contribution in [0.3, 0.4) is 0 Å². The fourth-order valence-electron chi connectivity index (χ4n) is 1.23. The minimum Gasteiger partial charge on any atom is -0.256 e. The molecule has 0 amide bonds. The first-order valence-corrected chi connectivity index (χ1v) is 5.77. The molecule has 16 heavy (non-hydrogen) atoms. The molecule has 2 aromatic heterocycles. The van der Waals surface area contributed by atoms with Crippen molar-refractivity contribution in [1.82, 2.24) is 4.98 Å². The molecule has 78 valence electrons. The van der Waals surface area contributed by atoms with Crippen LogP contribution in [0.2, 0.25) is 4.34 Å². The van der Waals surface area contributed by atoms with Gasteiger partial charge in [0.05, 0.1) is 15.6 Å². The Hall–Kier alpha value is -1.63. The lowest BCUT2D eigenvalue weighted by atomic mass is 10.1. The van der Waals surface area contributed by atoms with Gasteiger partial charge in [-0.2, -0.15) is 5.26 Å². The van der Waals surface area contributed by atoms with E-state index < -0.39 is 0 Å². The maximum atomic E-state index is 9.06. The summed E-state index contributed by atoms with van der Waals surface area (Å²) in [5.74, 6) is 0. The molecule has 0 unspecified atom stereocenters. The highest BCUT2D eigenvalue weighted by atomic mass is 35.5. The minimum absolute atomic E-state index is 0.541. The van der Waals surface area contributed by atoms with Gasteiger partial charge < -0.3 is 0 Å². The number of hydrogen-bond donors (Lipinski definition) is 0. The van der Waals surface area contributed by atoms with Crippen molar-refractivity contribution in [2.75, 3.05) is 0 Å². The summed E-state index contributed by atoms with van der Waals surface area (Å²) in [4.78, 5) is 5.08. The summed E-state index contributed by atoms with van der Waals surface area (Å²) < 4.78 is 0.713. The van der Waals surface area contributed by atoms with Gasteiger partial charge >= 0.3 is 0 Å². The van der Waals surface area contributed by atoms with E-state index in [1.807, 2.05) is 30.3 Å². The van der Waals surface area contributed by atoms with E-state index in [-0.39, 0.29) is 0 Å². The van der Waals surface area contributed by atoms with E-state index >= 15 is 0 Å². The van der Waals surface area contributed by atoms with E-state index in [1.165, 1.54) is 11.3 Å². The molecule has 0 saturated heterocycles. The van der Waals surface area contributed by atoms with Crippen LogP contribution >= 0.6 is 22.9 Å². The Kier molecular flexibility index (Phi) is 3.35. The quantitative estimate of drug-likeness (QED) is 0.755. The van der Waals surface area contributed by atoms with Crippen LogP contribution in [0.15, 0.2) is 36.5 Å². The molecule has 0 atom stereocenters. The molecular formula is C12H7ClN2S. The van der Waals surface area contributed by atoms with Crippen molar-refractivity contribution in [3.63, 3.8) is 0 Å². The predicted molar refractivity (Wildman–Crippen MR) is 67.1 cm³/mol. The summed E-state index contributed by atoms with van der Waals surface area (Å²) in [5, 5.41) is 9.06. The first-order valence-electron chi connectivity index (χ1n) is 4.58. The SMILES string of the molecule is N#C/C(=C/c1ccc(Cl)s1)c1ccccn1. The van der Waals surface area contributed by atoms with E-state index in [9.17, 15) is 0 Å². The van der Waals surface area contributed by atoms with Crippen molar-refractivity contribution in [3.8, 4) is 6.07 Å². The zero-order chi connectivity index (χ0) is 11.4. The largest absolute Gasteiger partial charge is 0.256 e. The molecule has 0 spiro atoms. The van der Waals surface area contributed by atoms with Gasteiger partial charge in [0.2, 0.25) is 0 Å². The number of hydrogen-bond acceptors (Lipinski definition) is 3. The van der Waals surface area contributed by atoms with Crippen molar-refractivity contribution in [3.05, 3.63) is 51.4 Å². The van der Waals surface area contributed by atoms with Crippen LogP contribution in [0.4, 0.5) is 0 Å². The molecule has 0 bridgehead atoms. The van der Waals surface area contributed by atoms with E-state index in [0.29, 0.717) is 15.6 Å². The molecule has 0 saturated carbocycles. The van der Waals surface area contributed by atoms with Crippen LogP contribution in [-0.2, 0) is 0 Å². The van der Waals surface area contributed by atoms with Crippen LogP contribution < -0.4 is 0 Å². The Morgan fingerprint density at radius 2 is 2.25 bits per heavy atom. The summed E-state index contributed by atoms with van der Waals surface area (Å²) in [6, 6.07) is 11.3. The van der Waals surface area contributed by atoms with E-state index in [0.717, 1.165) is 4.88 Å². The van der Waals surface area contributed by atoms with Gasteiger partial charge in [0.25, 0.3) is 0 Å². The standard InChI is InChI=1S/C12H7ClN2S/c13-12-5-4-10(16-12)7-9(8-14)11-3-1-2-6-15-11/h1-7H/b9-7-. The molecule has 0 aliphatic rings. The van der Waals surface area contributed by atoms with Crippen LogP contribution in [0.1, 0.15) is 10.6 Å². The maximum absolute atomic E-state index is 9.06.